The summed E-state index contributed by atoms with van der Waals surface area (Å²) in [6.45, 7) is 5.98. The maximum absolute atomic E-state index is 13.5. The summed E-state index contributed by atoms with van der Waals surface area (Å²) in [5, 5.41) is 8.90. The Kier molecular flexibility index (Phi) is 6.80. The van der Waals surface area contributed by atoms with Crippen LogP contribution in [-0.4, -0.2) is 24.1 Å². The molecule has 2 aromatic carbocycles. The number of hydrogen-bond donors (Lipinski definition) is 2. The van der Waals surface area contributed by atoms with Crippen LogP contribution in [0.1, 0.15) is 49.3 Å². The number of nitrogens with zero attached hydrogens (tertiary/aromatic N) is 3. The SMILES string of the molecule is CCCCC/C(=N\N=C(N)N)c1cn(S(=O)(=O)c2ccc(C)cc2)c2cc(C)ccc12. The van der Waals surface area contributed by atoms with E-state index in [1.54, 1.807) is 30.5 Å². The highest BCUT2D eigenvalue weighted by atomic mass is 32.2. The topological polar surface area (TPSA) is 116 Å². The van der Waals surface area contributed by atoms with Crippen molar-refractivity contribution in [3.05, 3.63) is 65.4 Å². The van der Waals surface area contributed by atoms with E-state index in [2.05, 4.69) is 17.1 Å². The monoisotopic (exact) mass is 439 g/mol. The fraction of sp³-hybridized carbons (Fsp3) is 0.304. The second-order valence-electron chi connectivity index (χ2n) is 7.71. The predicted molar refractivity (Wildman–Crippen MR) is 127 cm³/mol. The maximum atomic E-state index is 13.5. The summed E-state index contributed by atoms with van der Waals surface area (Å²) in [6, 6.07) is 12.6. The van der Waals surface area contributed by atoms with E-state index in [-0.39, 0.29) is 10.9 Å². The normalized spacial score (nSPS) is 12.3. The fourth-order valence-electron chi connectivity index (χ4n) is 3.46. The van der Waals surface area contributed by atoms with Crippen LogP contribution >= 0.6 is 0 Å². The highest BCUT2D eigenvalue weighted by Gasteiger charge is 2.23. The molecular formula is C23H29N5O2S. The Labute approximate surface area is 183 Å². The summed E-state index contributed by atoms with van der Waals surface area (Å²) in [7, 11) is -3.79. The zero-order chi connectivity index (χ0) is 22.6. The molecule has 0 aliphatic heterocycles. The number of guanidine groups is 1. The largest absolute Gasteiger partial charge is 0.369 e. The highest BCUT2D eigenvalue weighted by molar-refractivity contribution is 7.90. The van der Waals surface area contributed by atoms with Crippen LogP contribution in [0.4, 0.5) is 0 Å². The van der Waals surface area contributed by atoms with Crippen LogP contribution < -0.4 is 11.5 Å². The van der Waals surface area contributed by atoms with Crippen LogP contribution in [0.5, 0.6) is 0 Å². The predicted octanol–water partition coefficient (Wildman–Crippen LogP) is 4.05. The van der Waals surface area contributed by atoms with Crippen molar-refractivity contribution >= 4 is 32.6 Å². The average molecular weight is 440 g/mol. The van der Waals surface area contributed by atoms with Gasteiger partial charge in [0, 0.05) is 17.1 Å². The molecule has 0 amide bonds. The first kappa shape index (κ1) is 22.6. The molecule has 0 unspecified atom stereocenters. The van der Waals surface area contributed by atoms with Crippen LogP contribution in [0, 0.1) is 13.8 Å². The smallest absolute Gasteiger partial charge is 0.268 e. The minimum Gasteiger partial charge on any atom is -0.369 e. The van der Waals surface area contributed by atoms with Crippen molar-refractivity contribution in [3.63, 3.8) is 0 Å². The van der Waals surface area contributed by atoms with Crippen molar-refractivity contribution < 1.29 is 8.42 Å². The number of rotatable bonds is 8. The molecule has 8 heteroatoms. The molecule has 0 atom stereocenters. The number of fused-ring (bicyclic) bond motifs is 1. The Morgan fingerprint density at radius 3 is 2.29 bits per heavy atom. The van der Waals surface area contributed by atoms with Gasteiger partial charge >= 0.3 is 0 Å². The molecule has 0 bridgehead atoms. The first-order chi connectivity index (χ1) is 14.7. The van der Waals surface area contributed by atoms with Gasteiger partial charge in [0.1, 0.15) is 0 Å². The van der Waals surface area contributed by atoms with Crippen molar-refractivity contribution in [1.29, 1.82) is 0 Å². The van der Waals surface area contributed by atoms with Crippen LogP contribution in [0.25, 0.3) is 10.9 Å². The van der Waals surface area contributed by atoms with Gasteiger partial charge in [0.05, 0.1) is 16.1 Å². The molecule has 1 aromatic heterocycles. The Morgan fingerprint density at radius 1 is 0.968 bits per heavy atom. The van der Waals surface area contributed by atoms with E-state index in [4.69, 9.17) is 11.5 Å². The number of benzene rings is 2. The second-order valence-corrected chi connectivity index (χ2v) is 9.52. The first-order valence-corrected chi connectivity index (χ1v) is 11.8. The molecule has 3 aromatic rings. The summed E-state index contributed by atoms with van der Waals surface area (Å²) in [5.74, 6) is -0.139. The Morgan fingerprint density at radius 2 is 1.65 bits per heavy atom. The standard InChI is InChI=1S/C23H29N5O2S/c1-4-5-6-7-21(26-27-23(24)25)20-15-28(22-14-17(3)10-13-19(20)22)31(29,30)18-11-8-16(2)9-12-18/h8-15H,4-7H2,1-3H3,(H4,24,25,27)/b26-21+. The van der Waals surface area contributed by atoms with Crippen molar-refractivity contribution in [3.8, 4) is 0 Å². The van der Waals surface area contributed by atoms with Crippen molar-refractivity contribution in [2.24, 2.45) is 21.7 Å². The molecule has 3 rings (SSSR count). The van der Waals surface area contributed by atoms with Gasteiger partial charge in [0.15, 0.2) is 0 Å². The molecule has 0 aliphatic rings. The van der Waals surface area contributed by atoms with E-state index in [0.717, 1.165) is 35.8 Å². The van der Waals surface area contributed by atoms with E-state index >= 15 is 0 Å². The summed E-state index contributed by atoms with van der Waals surface area (Å²) < 4.78 is 28.3. The maximum Gasteiger partial charge on any atom is 0.268 e. The fourth-order valence-corrected chi connectivity index (χ4v) is 4.82. The molecule has 0 saturated heterocycles. The molecule has 164 valence electrons. The lowest BCUT2D eigenvalue weighted by Crippen LogP contribution is -2.22. The second kappa shape index (κ2) is 9.34. The van der Waals surface area contributed by atoms with Gasteiger partial charge in [-0.25, -0.2) is 12.4 Å². The summed E-state index contributed by atoms with van der Waals surface area (Å²) >= 11 is 0. The van der Waals surface area contributed by atoms with Crippen LogP contribution in [0.2, 0.25) is 0 Å². The van der Waals surface area contributed by atoms with Gasteiger partial charge in [-0.2, -0.15) is 5.10 Å². The van der Waals surface area contributed by atoms with E-state index in [1.807, 2.05) is 32.0 Å². The molecule has 0 fully saturated rings. The molecule has 0 aliphatic carbocycles. The number of hydrogen-bond acceptors (Lipinski definition) is 4. The van der Waals surface area contributed by atoms with Gasteiger partial charge in [0.25, 0.3) is 10.0 Å². The van der Waals surface area contributed by atoms with E-state index in [0.29, 0.717) is 23.2 Å². The quantitative estimate of drug-likeness (QED) is 0.238. The lowest BCUT2D eigenvalue weighted by Gasteiger charge is -2.08. The van der Waals surface area contributed by atoms with E-state index in [9.17, 15) is 8.42 Å². The zero-order valence-corrected chi connectivity index (χ0v) is 19.0. The number of nitrogens with two attached hydrogens (primary N) is 2. The average Bonchev–Trinajstić information content (AvgIpc) is 3.10. The van der Waals surface area contributed by atoms with Gasteiger partial charge in [-0.05, 0) is 50.5 Å². The van der Waals surface area contributed by atoms with Crippen LogP contribution in [0.15, 0.2) is 63.8 Å². The van der Waals surface area contributed by atoms with Crippen molar-refractivity contribution in [2.45, 2.75) is 51.3 Å². The number of aromatic nitrogens is 1. The molecule has 1 heterocycles. The molecule has 0 spiro atoms. The number of unbranched alkanes of at least 4 members (excludes halogenated alkanes) is 2. The van der Waals surface area contributed by atoms with E-state index < -0.39 is 10.0 Å². The molecule has 4 N–H and O–H groups in total. The minimum absolute atomic E-state index is 0.139. The zero-order valence-electron chi connectivity index (χ0n) is 18.2. The third-order valence-electron chi connectivity index (χ3n) is 5.12. The highest BCUT2D eigenvalue weighted by Crippen LogP contribution is 2.29. The van der Waals surface area contributed by atoms with Gasteiger partial charge in [-0.15, -0.1) is 5.10 Å². The van der Waals surface area contributed by atoms with Gasteiger partial charge in [0.2, 0.25) is 5.96 Å². The van der Waals surface area contributed by atoms with Crippen molar-refractivity contribution in [1.82, 2.24) is 3.97 Å². The molecule has 0 saturated carbocycles. The first-order valence-electron chi connectivity index (χ1n) is 10.3. The Hall–Kier alpha value is -3.13. The van der Waals surface area contributed by atoms with Gasteiger partial charge in [-0.1, -0.05) is 49.6 Å². The molecule has 0 radical (unpaired) electrons. The van der Waals surface area contributed by atoms with Crippen LogP contribution in [0.3, 0.4) is 0 Å². The minimum atomic E-state index is -3.79. The summed E-state index contributed by atoms with van der Waals surface area (Å²) in [5.41, 5.74) is 14.9. The van der Waals surface area contributed by atoms with Crippen LogP contribution in [-0.2, 0) is 10.0 Å². The Bertz CT molecular complexity index is 1230. The Balaban J connectivity index is 2.23. The van der Waals surface area contributed by atoms with Crippen molar-refractivity contribution in [2.75, 3.05) is 0 Å². The summed E-state index contributed by atoms with van der Waals surface area (Å²) in [4.78, 5) is 0.233. The third-order valence-corrected chi connectivity index (χ3v) is 6.81. The van der Waals surface area contributed by atoms with Gasteiger partial charge in [-0.3, -0.25) is 0 Å². The number of aryl methyl sites for hydroxylation is 2. The van der Waals surface area contributed by atoms with Gasteiger partial charge < -0.3 is 11.5 Å². The third kappa shape index (κ3) is 4.96. The lowest BCUT2D eigenvalue weighted by molar-refractivity contribution is 0.589. The molecule has 31 heavy (non-hydrogen) atoms. The lowest BCUT2D eigenvalue weighted by atomic mass is 10.0. The molecule has 7 nitrogen and oxygen atoms in total. The molecular weight excluding hydrogens is 410 g/mol. The summed E-state index contributed by atoms with van der Waals surface area (Å²) in [6.07, 6.45) is 5.26. The van der Waals surface area contributed by atoms with E-state index in [1.165, 1.54) is 3.97 Å².